The second-order valence-corrected chi connectivity index (χ2v) is 2.50. The highest BCUT2D eigenvalue weighted by molar-refractivity contribution is 4.73. The van der Waals surface area contributed by atoms with Gasteiger partial charge in [-0.05, 0) is 20.3 Å². The minimum Gasteiger partial charge on any atom is -0.230 e. The van der Waals surface area contributed by atoms with Gasteiger partial charge in [-0.2, -0.15) is 0 Å². The first-order valence-electron chi connectivity index (χ1n) is 2.84. The maximum atomic E-state index is 10.7. The molecular formula is C6H12O2. The van der Waals surface area contributed by atoms with Gasteiger partial charge in [0, 0.05) is 0 Å². The molecule has 1 unspecified atom stereocenters. The maximum Gasteiger partial charge on any atom is 0.127 e. The summed E-state index contributed by atoms with van der Waals surface area (Å²) in [6, 6.07) is 0. The molecule has 2 heteroatoms. The van der Waals surface area contributed by atoms with E-state index < -0.39 is 11.7 Å². The molecule has 0 saturated carbocycles. The largest absolute Gasteiger partial charge is 0.230 e. The lowest BCUT2D eigenvalue weighted by atomic mass is 10.0. The highest BCUT2D eigenvalue weighted by Crippen LogP contribution is 2.11. The summed E-state index contributed by atoms with van der Waals surface area (Å²) in [6.45, 7) is 4.58. The second kappa shape index (κ2) is 2.46. The molecular weight excluding hydrogens is 104 g/mol. The molecule has 0 aromatic heterocycles. The van der Waals surface area contributed by atoms with Crippen LogP contribution < -0.4 is 0 Å². The average molecular weight is 116 g/mol. The van der Waals surface area contributed by atoms with Crippen molar-refractivity contribution in [2.24, 2.45) is 0 Å². The Labute approximate surface area is 50.2 Å². The summed E-state index contributed by atoms with van der Waals surface area (Å²) in [5.41, 5.74) is -1.30. The van der Waals surface area contributed by atoms with E-state index in [4.69, 9.17) is 0 Å². The third kappa shape index (κ3) is 2.28. The van der Waals surface area contributed by atoms with Crippen LogP contribution in [0, 0.1) is 0 Å². The summed E-state index contributed by atoms with van der Waals surface area (Å²) in [4.78, 5) is 0. The molecule has 0 aliphatic heterocycles. The van der Waals surface area contributed by atoms with Gasteiger partial charge < -0.3 is 0 Å². The van der Waals surface area contributed by atoms with Crippen molar-refractivity contribution in [1.82, 2.24) is 0 Å². The SMILES string of the molecule is CCC([O])C(C)(C)[O]. The lowest BCUT2D eigenvalue weighted by Gasteiger charge is -2.17. The molecule has 48 valence electrons. The van der Waals surface area contributed by atoms with E-state index in [9.17, 15) is 10.2 Å². The Morgan fingerprint density at radius 2 is 1.88 bits per heavy atom. The molecule has 0 spiro atoms. The molecule has 0 aromatic carbocycles. The van der Waals surface area contributed by atoms with Gasteiger partial charge in [-0.25, -0.2) is 10.2 Å². The summed E-state index contributed by atoms with van der Waals surface area (Å²) in [5.74, 6) is 0. The molecule has 0 aromatic rings. The van der Waals surface area contributed by atoms with E-state index in [0.717, 1.165) is 0 Å². The van der Waals surface area contributed by atoms with Crippen LogP contribution in [0.25, 0.3) is 0 Å². The third-order valence-corrected chi connectivity index (χ3v) is 1.15. The van der Waals surface area contributed by atoms with Gasteiger partial charge in [-0.15, -0.1) is 0 Å². The molecule has 0 N–H and O–H groups in total. The maximum absolute atomic E-state index is 10.7. The topological polar surface area (TPSA) is 39.8 Å². The van der Waals surface area contributed by atoms with Crippen LogP contribution in [0.5, 0.6) is 0 Å². The zero-order valence-corrected chi connectivity index (χ0v) is 5.60. The average Bonchev–Trinajstić information content (AvgIpc) is 1.62. The number of hydrogen-bond acceptors (Lipinski definition) is 0. The Kier molecular flexibility index (Phi) is 2.44. The quantitative estimate of drug-likeness (QED) is 0.523. The van der Waals surface area contributed by atoms with E-state index in [-0.39, 0.29) is 0 Å². The predicted octanol–water partition coefficient (Wildman–Crippen LogP) is 1.40. The van der Waals surface area contributed by atoms with Crippen molar-refractivity contribution in [3.63, 3.8) is 0 Å². The Morgan fingerprint density at radius 1 is 1.50 bits per heavy atom. The van der Waals surface area contributed by atoms with Crippen molar-refractivity contribution in [3.8, 4) is 0 Å². The van der Waals surface area contributed by atoms with Gasteiger partial charge in [0.2, 0.25) is 0 Å². The van der Waals surface area contributed by atoms with Gasteiger partial charge in [0.25, 0.3) is 0 Å². The van der Waals surface area contributed by atoms with Gasteiger partial charge in [0.15, 0.2) is 0 Å². The van der Waals surface area contributed by atoms with E-state index in [1.807, 2.05) is 0 Å². The molecule has 0 heterocycles. The monoisotopic (exact) mass is 116 g/mol. The van der Waals surface area contributed by atoms with Gasteiger partial charge in [-0.3, -0.25) is 0 Å². The predicted molar refractivity (Wildman–Crippen MR) is 29.5 cm³/mol. The van der Waals surface area contributed by atoms with Crippen LogP contribution in [0.3, 0.4) is 0 Å². The van der Waals surface area contributed by atoms with Crippen molar-refractivity contribution in [2.45, 2.75) is 38.9 Å². The van der Waals surface area contributed by atoms with Crippen LogP contribution >= 0.6 is 0 Å². The molecule has 0 aliphatic carbocycles. The lowest BCUT2D eigenvalue weighted by Crippen LogP contribution is -2.32. The standard InChI is InChI=1S/C6H12O2/c1-4-5(7)6(2,3)8/h5H,4H2,1-3H3. The van der Waals surface area contributed by atoms with E-state index in [1.165, 1.54) is 13.8 Å². The first-order chi connectivity index (χ1) is 3.48. The molecule has 1 atom stereocenters. The van der Waals surface area contributed by atoms with Crippen LogP contribution in [0.1, 0.15) is 27.2 Å². The van der Waals surface area contributed by atoms with Crippen molar-refractivity contribution in [1.29, 1.82) is 0 Å². The van der Waals surface area contributed by atoms with E-state index in [0.29, 0.717) is 6.42 Å². The molecule has 0 amide bonds. The molecule has 0 rings (SSSR count). The van der Waals surface area contributed by atoms with Gasteiger partial charge in [0.05, 0.1) is 0 Å². The van der Waals surface area contributed by atoms with Crippen molar-refractivity contribution >= 4 is 0 Å². The Morgan fingerprint density at radius 3 is 1.88 bits per heavy atom. The van der Waals surface area contributed by atoms with E-state index in [1.54, 1.807) is 6.92 Å². The summed E-state index contributed by atoms with van der Waals surface area (Å²) in [5, 5.41) is 21.3. The molecule has 2 radical (unpaired) electrons. The van der Waals surface area contributed by atoms with Crippen molar-refractivity contribution < 1.29 is 10.2 Å². The normalized spacial score (nSPS) is 16.1. The summed E-state index contributed by atoms with van der Waals surface area (Å²) < 4.78 is 0. The summed E-state index contributed by atoms with van der Waals surface area (Å²) in [7, 11) is 0. The highest BCUT2D eigenvalue weighted by atomic mass is 16.3. The molecule has 0 bridgehead atoms. The van der Waals surface area contributed by atoms with Crippen molar-refractivity contribution in [3.05, 3.63) is 0 Å². The fourth-order valence-corrected chi connectivity index (χ4v) is 0.492. The van der Waals surface area contributed by atoms with Crippen molar-refractivity contribution in [2.75, 3.05) is 0 Å². The van der Waals surface area contributed by atoms with Crippen LogP contribution in [-0.2, 0) is 10.2 Å². The number of rotatable bonds is 2. The zero-order chi connectivity index (χ0) is 6.78. The fraction of sp³-hybridized carbons (Fsp3) is 1.00. The minimum absolute atomic E-state index is 0.427. The third-order valence-electron chi connectivity index (χ3n) is 1.15. The highest BCUT2D eigenvalue weighted by Gasteiger charge is 2.26. The zero-order valence-electron chi connectivity index (χ0n) is 5.60. The van der Waals surface area contributed by atoms with Gasteiger partial charge in [-0.1, -0.05) is 6.92 Å². The smallest absolute Gasteiger partial charge is 0.127 e. The first kappa shape index (κ1) is 7.92. The Hall–Kier alpha value is -0.0800. The molecule has 0 saturated heterocycles. The molecule has 0 aliphatic rings. The fourth-order valence-electron chi connectivity index (χ4n) is 0.492. The van der Waals surface area contributed by atoms with Gasteiger partial charge in [0.1, 0.15) is 11.7 Å². The van der Waals surface area contributed by atoms with Crippen LogP contribution in [-0.4, -0.2) is 11.7 Å². The summed E-state index contributed by atoms with van der Waals surface area (Å²) in [6.07, 6.45) is -0.529. The molecule has 0 fully saturated rings. The van der Waals surface area contributed by atoms with Crippen LogP contribution in [0.2, 0.25) is 0 Å². The second-order valence-electron chi connectivity index (χ2n) is 2.50. The van der Waals surface area contributed by atoms with Gasteiger partial charge >= 0.3 is 0 Å². The van der Waals surface area contributed by atoms with Crippen LogP contribution in [0.4, 0.5) is 0 Å². The number of hydrogen-bond donors (Lipinski definition) is 0. The Balaban J connectivity index is 3.62. The minimum atomic E-state index is -1.30. The summed E-state index contributed by atoms with van der Waals surface area (Å²) >= 11 is 0. The molecule has 2 nitrogen and oxygen atoms in total. The first-order valence-corrected chi connectivity index (χ1v) is 2.84. The van der Waals surface area contributed by atoms with E-state index in [2.05, 4.69) is 0 Å². The van der Waals surface area contributed by atoms with Crippen LogP contribution in [0.15, 0.2) is 0 Å². The lowest BCUT2D eigenvalue weighted by molar-refractivity contribution is -0.121. The molecule has 8 heavy (non-hydrogen) atoms. The Bertz CT molecular complexity index is 63.4. The van der Waals surface area contributed by atoms with E-state index >= 15 is 0 Å².